The van der Waals surface area contributed by atoms with Crippen LogP contribution < -0.4 is 8.92 Å². The van der Waals surface area contributed by atoms with Crippen molar-refractivity contribution in [3.8, 4) is 11.6 Å². The molecule has 0 saturated carbocycles. The first-order valence-electron chi connectivity index (χ1n) is 6.62. The molecule has 0 radical (unpaired) electrons. The second-order valence-corrected chi connectivity index (χ2v) is 7.67. The van der Waals surface area contributed by atoms with Gasteiger partial charge < -0.3 is 13.7 Å². The molecule has 1 aromatic heterocycles. The van der Waals surface area contributed by atoms with Crippen molar-refractivity contribution in [2.45, 2.75) is 17.5 Å². The highest BCUT2D eigenvalue weighted by molar-refractivity contribution is 7.87. The van der Waals surface area contributed by atoms with Gasteiger partial charge in [-0.05, 0) is 12.1 Å². The standard InChI is InChI=1S/C13H11Cl3N2O5S/c1-21-8-5-18-13(22-6-8)11(4-17-18)24(19,20)23-12-9(15)2-7(14)3-10(12)16/h2-4,8H,5-6H2,1H3/t8-/m1/s1. The van der Waals surface area contributed by atoms with E-state index in [0.29, 0.717) is 6.54 Å². The zero-order valence-corrected chi connectivity index (χ0v) is 15.3. The van der Waals surface area contributed by atoms with E-state index in [1.807, 2.05) is 0 Å². The highest BCUT2D eigenvalue weighted by Gasteiger charge is 2.32. The van der Waals surface area contributed by atoms with E-state index >= 15 is 0 Å². The maximum atomic E-state index is 12.5. The number of aromatic nitrogens is 2. The van der Waals surface area contributed by atoms with E-state index in [-0.39, 0.29) is 44.3 Å². The molecule has 1 aliphatic heterocycles. The van der Waals surface area contributed by atoms with Gasteiger partial charge in [0.25, 0.3) is 0 Å². The molecule has 0 saturated heterocycles. The first-order chi connectivity index (χ1) is 11.3. The van der Waals surface area contributed by atoms with Gasteiger partial charge in [-0.1, -0.05) is 34.8 Å². The predicted molar refractivity (Wildman–Crippen MR) is 87.8 cm³/mol. The third-order valence-corrected chi connectivity index (χ3v) is 5.29. The van der Waals surface area contributed by atoms with E-state index in [4.69, 9.17) is 48.5 Å². The van der Waals surface area contributed by atoms with Crippen LogP contribution >= 0.6 is 34.8 Å². The molecule has 130 valence electrons. The van der Waals surface area contributed by atoms with Crippen molar-refractivity contribution >= 4 is 44.9 Å². The molecule has 11 heteroatoms. The Morgan fingerprint density at radius 1 is 1.29 bits per heavy atom. The van der Waals surface area contributed by atoms with E-state index in [1.165, 1.54) is 23.9 Å². The summed E-state index contributed by atoms with van der Waals surface area (Å²) >= 11 is 17.7. The number of ether oxygens (including phenoxy) is 2. The predicted octanol–water partition coefficient (Wildman–Crippen LogP) is 3.02. The summed E-state index contributed by atoms with van der Waals surface area (Å²) in [5, 5.41) is 4.18. The number of benzene rings is 1. The Hall–Kier alpha value is -1.19. The maximum absolute atomic E-state index is 12.5. The average Bonchev–Trinajstić information content (AvgIpc) is 2.94. The Kier molecular flexibility index (Phi) is 4.85. The Bertz CT molecular complexity index is 861. The van der Waals surface area contributed by atoms with Gasteiger partial charge >= 0.3 is 10.1 Å². The highest BCUT2D eigenvalue weighted by atomic mass is 35.5. The maximum Gasteiger partial charge on any atom is 0.346 e. The molecule has 2 aromatic rings. The lowest BCUT2D eigenvalue weighted by Crippen LogP contribution is -2.32. The average molecular weight is 414 g/mol. The number of methoxy groups -OCH3 is 1. The number of rotatable bonds is 4. The van der Waals surface area contributed by atoms with Gasteiger partial charge in [0.2, 0.25) is 5.88 Å². The second kappa shape index (κ2) is 6.61. The molecule has 0 bridgehead atoms. The summed E-state index contributed by atoms with van der Waals surface area (Å²) in [5.74, 6) is -0.141. The van der Waals surface area contributed by atoms with E-state index in [2.05, 4.69) is 5.10 Å². The second-order valence-electron chi connectivity index (χ2n) is 4.90. The molecule has 0 amide bonds. The first kappa shape index (κ1) is 17.6. The fourth-order valence-corrected chi connectivity index (χ4v) is 4.16. The molecule has 0 spiro atoms. The van der Waals surface area contributed by atoms with Gasteiger partial charge in [-0.2, -0.15) is 13.5 Å². The number of hydrogen-bond donors (Lipinski definition) is 0. The van der Waals surface area contributed by atoms with Crippen molar-refractivity contribution in [3.63, 3.8) is 0 Å². The van der Waals surface area contributed by atoms with Crippen molar-refractivity contribution in [2.75, 3.05) is 13.7 Å². The zero-order valence-electron chi connectivity index (χ0n) is 12.2. The molecule has 0 N–H and O–H groups in total. The Morgan fingerprint density at radius 2 is 1.96 bits per heavy atom. The van der Waals surface area contributed by atoms with Gasteiger partial charge in [0.15, 0.2) is 10.6 Å². The fourth-order valence-electron chi connectivity index (χ4n) is 2.13. The highest BCUT2D eigenvalue weighted by Crippen LogP contribution is 2.38. The molecule has 1 atom stereocenters. The lowest BCUT2D eigenvalue weighted by molar-refractivity contribution is 0.0164. The van der Waals surface area contributed by atoms with Crippen molar-refractivity contribution < 1.29 is 22.1 Å². The van der Waals surface area contributed by atoms with Gasteiger partial charge in [0.05, 0.1) is 22.8 Å². The first-order valence-corrected chi connectivity index (χ1v) is 9.16. The number of nitrogens with zero attached hydrogens (tertiary/aromatic N) is 2. The van der Waals surface area contributed by atoms with Crippen molar-refractivity contribution in [3.05, 3.63) is 33.4 Å². The minimum absolute atomic E-state index is 0.0301. The van der Waals surface area contributed by atoms with Crippen LogP contribution in [-0.4, -0.2) is 38.0 Å². The minimum atomic E-state index is -4.25. The van der Waals surface area contributed by atoms with Gasteiger partial charge in [0, 0.05) is 12.1 Å². The molecule has 0 aliphatic carbocycles. The third-order valence-electron chi connectivity index (χ3n) is 3.30. The van der Waals surface area contributed by atoms with Crippen LogP contribution in [0, 0.1) is 0 Å². The molecule has 7 nitrogen and oxygen atoms in total. The van der Waals surface area contributed by atoms with Crippen LogP contribution in [0.2, 0.25) is 15.1 Å². The Labute approximate surface area is 153 Å². The number of fused-ring (bicyclic) bond motifs is 1. The summed E-state index contributed by atoms with van der Waals surface area (Å²) in [4.78, 5) is -0.223. The fraction of sp³-hybridized carbons (Fsp3) is 0.308. The van der Waals surface area contributed by atoms with Crippen LogP contribution in [0.15, 0.2) is 23.2 Å². The van der Waals surface area contributed by atoms with Crippen LogP contribution in [0.1, 0.15) is 0 Å². The van der Waals surface area contributed by atoms with E-state index in [1.54, 1.807) is 0 Å². The molecule has 1 aliphatic rings. The van der Waals surface area contributed by atoms with Crippen LogP contribution in [0.4, 0.5) is 0 Å². The number of hydrogen-bond acceptors (Lipinski definition) is 6. The van der Waals surface area contributed by atoms with Crippen LogP contribution in [0.3, 0.4) is 0 Å². The van der Waals surface area contributed by atoms with Crippen LogP contribution in [0.5, 0.6) is 11.6 Å². The summed E-state index contributed by atoms with van der Waals surface area (Å²) in [6, 6.07) is 2.65. The SMILES string of the molecule is CO[C@H]1COc2c(S(=O)(=O)Oc3c(Cl)cc(Cl)cc3Cl)cnn2C1. The summed E-state index contributed by atoms with van der Waals surface area (Å²) < 4.78 is 42.1. The van der Waals surface area contributed by atoms with E-state index in [9.17, 15) is 8.42 Å². The van der Waals surface area contributed by atoms with Gasteiger partial charge in [0.1, 0.15) is 12.7 Å². The smallest absolute Gasteiger partial charge is 0.346 e. The molecular formula is C13H11Cl3N2O5S. The molecule has 24 heavy (non-hydrogen) atoms. The quantitative estimate of drug-likeness (QED) is 0.717. The van der Waals surface area contributed by atoms with Crippen molar-refractivity contribution in [1.82, 2.24) is 9.78 Å². The molecule has 3 rings (SSSR count). The van der Waals surface area contributed by atoms with Gasteiger partial charge in [-0.15, -0.1) is 0 Å². The summed E-state index contributed by atoms with van der Waals surface area (Å²) in [6.45, 7) is 0.566. The van der Waals surface area contributed by atoms with Crippen LogP contribution in [-0.2, 0) is 21.4 Å². The molecule has 0 fully saturated rings. The van der Waals surface area contributed by atoms with Gasteiger partial charge in [-0.3, -0.25) is 0 Å². The largest absolute Gasteiger partial charge is 0.474 e. The normalized spacial score (nSPS) is 17.2. The monoisotopic (exact) mass is 412 g/mol. The summed E-state index contributed by atoms with van der Waals surface area (Å²) in [7, 11) is -2.72. The summed E-state index contributed by atoms with van der Waals surface area (Å²) in [5.41, 5.74) is 0. The zero-order chi connectivity index (χ0) is 17.5. The Balaban J connectivity index is 1.95. The molecule has 0 unspecified atom stereocenters. The van der Waals surface area contributed by atoms with Crippen molar-refractivity contribution in [2.24, 2.45) is 0 Å². The summed E-state index contributed by atoms with van der Waals surface area (Å²) in [6.07, 6.45) is 0.925. The van der Waals surface area contributed by atoms with Crippen molar-refractivity contribution in [1.29, 1.82) is 0 Å². The lowest BCUT2D eigenvalue weighted by atomic mass is 10.3. The topological polar surface area (TPSA) is 79.7 Å². The lowest BCUT2D eigenvalue weighted by Gasteiger charge is -2.23. The van der Waals surface area contributed by atoms with E-state index in [0.717, 1.165) is 6.20 Å². The van der Waals surface area contributed by atoms with Crippen LogP contribution in [0.25, 0.3) is 0 Å². The van der Waals surface area contributed by atoms with E-state index < -0.39 is 10.1 Å². The third kappa shape index (κ3) is 3.29. The number of halogens is 3. The molecular weight excluding hydrogens is 403 g/mol. The molecule has 1 aromatic carbocycles. The molecule has 2 heterocycles. The Morgan fingerprint density at radius 3 is 2.58 bits per heavy atom. The minimum Gasteiger partial charge on any atom is -0.474 e. The van der Waals surface area contributed by atoms with Gasteiger partial charge in [-0.25, -0.2) is 4.68 Å².